The van der Waals surface area contributed by atoms with Gasteiger partial charge < -0.3 is 30.5 Å². The van der Waals surface area contributed by atoms with Crippen molar-refractivity contribution in [2.45, 2.75) is 39.2 Å². The van der Waals surface area contributed by atoms with E-state index in [0.717, 1.165) is 50.6 Å². The van der Waals surface area contributed by atoms with Gasteiger partial charge in [0.1, 0.15) is 96.2 Å². The fourth-order valence-corrected chi connectivity index (χ4v) is 13.9. The van der Waals surface area contributed by atoms with Crippen molar-refractivity contribution in [3.63, 3.8) is 0 Å². The molecule has 0 aromatic heterocycles. The number of rotatable bonds is 18. The van der Waals surface area contributed by atoms with Gasteiger partial charge in [-0.1, -0.05) is 0 Å². The number of anilines is 1. The van der Waals surface area contributed by atoms with Gasteiger partial charge in [-0.2, -0.15) is 67.3 Å². The third kappa shape index (κ3) is 13.2. The van der Waals surface area contributed by atoms with Crippen LogP contribution in [0.2, 0.25) is 0 Å². The number of phenolic OH excluding ortho intramolecular Hbond substituents is 3. The summed E-state index contributed by atoms with van der Waals surface area (Å²) in [6.45, 7) is 0. The summed E-state index contributed by atoms with van der Waals surface area (Å²) in [5.74, 6) is -4.64. The minimum absolute atomic E-state index is 0.148. The van der Waals surface area contributed by atoms with Gasteiger partial charge in [0, 0.05) is 33.7 Å². The molecule has 0 unspecified atom stereocenters. The third-order valence-electron chi connectivity index (χ3n) is 12.2. The minimum atomic E-state index is -5.83. The quantitative estimate of drug-likeness (QED) is 0.0225. The lowest BCUT2D eigenvalue weighted by molar-refractivity contribution is 0.412. The van der Waals surface area contributed by atoms with Gasteiger partial charge in [-0.3, -0.25) is 36.4 Å². The maximum atomic E-state index is 13.1. The fraction of sp³-hybridized carbons (Fsp3) is 0.0455. The third-order valence-corrected chi connectivity index (χ3v) is 19.3. The molecule has 8 aromatic carbocycles. The number of phenols is 3. The van der Waals surface area contributed by atoms with Crippen molar-refractivity contribution in [3.05, 3.63) is 84.9 Å². The molecule has 0 radical (unpaired) electrons. The van der Waals surface area contributed by atoms with Gasteiger partial charge >= 0.3 is 0 Å². The molecule has 0 saturated heterocycles. The number of hydrogen-bond donors (Lipinski definition) is 12. The van der Waals surface area contributed by atoms with Gasteiger partial charge in [-0.25, -0.2) is 0 Å². The Morgan fingerprint density at radius 1 is 0.322 bits per heavy atom. The minimum Gasteiger partial charge on any atom is -0.505 e. The number of ether oxygens (including phenoxy) is 2. The SMILES string of the molecule is COc1ccc(N=Nc2c(S(=O)(=O)O)cc3c(S(=O)(=O)O)c(N=Nc4c(S(=O)(=O)O)cc5cc(S(=O)(=O)O)c(N=Nc6ccc7c(O)c(N=Nc8ccc(OC)cc8S(=O)(=O)O)c(S(=O)(=O)O)cc7c6S(=O)(=O)O)c(O)c5c4N)ccc3c2O)c(S(=O)(=O)O)c1. The van der Waals surface area contributed by atoms with Crippen molar-refractivity contribution >= 4 is 164 Å². The average molecular weight is 1410 g/mol. The number of hydrogen-bond acceptors (Lipinski definition) is 30. The number of methoxy groups -OCH3 is 2. The maximum absolute atomic E-state index is 13.1. The molecule has 46 heteroatoms. The van der Waals surface area contributed by atoms with Crippen LogP contribution in [0.3, 0.4) is 0 Å². The summed E-state index contributed by atoms with van der Waals surface area (Å²) < 4.78 is 295. The Balaban J connectivity index is 1.32. The van der Waals surface area contributed by atoms with E-state index in [2.05, 4.69) is 40.9 Å². The van der Waals surface area contributed by atoms with Crippen LogP contribution in [0.5, 0.6) is 28.7 Å². The van der Waals surface area contributed by atoms with Crippen molar-refractivity contribution in [2.75, 3.05) is 20.0 Å². The average Bonchev–Trinajstić information content (AvgIpc) is 0.753. The van der Waals surface area contributed by atoms with Crippen molar-refractivity contribution < 1.29 is 129 Å². The van der Waals surface area contributed by atoms with Crippen LogP contribution in [-0.2, 0) is 80.9 Å². The first-order valence-electron chi connectivity index (χ1n) is 22.9. The molecule has 0 aliphatic rings. The Labute approximate surface area is 503 Å². The van der Waals surface area contributed by atoms with Gasteiger partial charge in [0.15, 0.2) is 17.2 Å². The highest BCUT2D eigenvalue weighted by Crippen LogP contribution is 2.52. The molecule has 0 fully saturated rings. The predicted molar refractivity (Wildman–Crippen MR) is 302 cm³/mol. The Bertz CT molecular complexity index is 5270. The largest absolute Gasteiger partial charge is 0.505 e. The molecule has 0 saturated carbocycles. The predicted octanol–water partition coefficient (Wildman–Crippen LogP) is 7.50. The zero-order valence-electron chi connectivity index (χ0n) is 43.8. The zero-order chi connectivity index (χ0) is 67.1. The molecular weight excluding hydrogens is 1380 g/mol. The molecule has 38 nitrogen and oxygen atoms in total. The number of azo groups is 4. The topological polar surface area (TPSA) is 639 Å². The number of nitrogen functional groups attached to an aromatic ring is 1. The summed E-state index contributed by atoms with van der Waals surface area (Å²) in [6.07, 6.45) is 0. The maximum Gasteiger partial charge on any atom is 0.297 e. The molecule has 0 amide bonds. The number of nitrogens with zero attached hydrogens (tertiary/aromatic N) is 8. The molecule has 0 spiro atoms. The van der Waals surface area contributed by atoms with Crippen molar-refractivity contribution in [3.8, 4) is 28.7 Å². The standard InChI is InChI=1S/C44H33N9O29S8/c1-81-18-3-7-24(28(13-18)83(57,58)59)46-51-37-32(87(69,70)71)15-22-20(40(37)54)5-9-26(43(22)89(75,76)77)48-50-36-30(85(63,64)65)11-17-12-31(86(66,67)68)39(42(56)34(17)35(36)45)53-49-27-10-6-21-23(44(27)90(78,79)80)16-33(88(72,73)74)38(41(21)55)52-47-25-8-4-19(82-2)14-29(25)84(60,61)62/h3-16,54-56H,45H2,1-2H3,(H,57,58,59)(H,60,61,62)(H,63,64,65)(H,66,67,68)(H,69,70,71)(H,72,73,74)(H,75,76,77)(H,78,79,80). The van der Waals surface area contributed by atoms with E-state index in [0.29, 0.717) is 36.4 Å². The molecule has 476 valence electrons. The molecule has 8 rings (SSSR count). The number of aromatic hydroxyl groups is 3. The molecule has 0 atom stereocenters. The van der Waals surface area contributed by atoms with Crippen LogP contribution in [0, 0.1) is 0 Å². The van der Waals surface area contributed by atoms with E-state index in [4.69, 9.17) is 15.2 Å². The van der Waals surface area contributed by atoms with Crippen molar-refractivity contribution in [2.24, 2.45) is 40.9 Å². The molecule has 0 aliphatic carbocycles. The lowest BCUT2D eigenvalue weighted by Crippen LogP contribution is -2.04. The van der Waals surface area contributed by atoms with Gasteiger partial charge in [0.25, 0.3) is 80.9 Å². The summed E-state index contributed by atoms with van der Waals surface area (Å²) in [5.41, 5.74) is -4.00. The van der Waals surface area contributed by atoms with Gasteiger partial charge in [-0.05, 0) is 78.2 Å². The number of fused-ring (bicyclic) bond motifs is 3. The Morgan fingerprint density at radius 3 is 0.933 bits per heavy atom. The number of nitrogens with two attached hydrogens (primary N) is 1. The summed E-state index contributed by atoms with van der Waals surface area (Å²) in [6, 6.07) is 9.17. The van der Waals surface area contributed by atoms with E-state index in [-0.39, 0.29) is 23.6 Å². The summed E-state index contributed by atoms with van der Waals surface area (Å²) >= 11 is 0. The molecule has 13 N–H and O–H groups in total. The van der Waals surface area contributed by atoms with Crippen LogP contribution in [0.15, 0.2) is 165 Å². The zero-order valence-corrected chi connectivity index (χ0v) is 50.3. The van der Waals surface area contributed by atoms with Gasteiger partial charge in [0.2, 0.25) is 0 Å². The van der Waals surface area contributed by atoms with Crippen molar-refractivity contribution in [1.82, 2.24) is 0 Å². The highest BCUT2D eigenvalue weighted by Gasteiger charge is 2.33. The molecular formula is C44H33N9O29S8. The molecule has 90 heavy (non-hydrogen) atoms. The highest BCUT2D eigenvalue weighted by atomic mass is 32.2. The normalized spacial score (nSPS) is 13.5. The van der Waals surface area contributed by atoms with E-state index in [9.17, 15) is 119 Å². The number of benzene rings is 8. The second-order valence-corrected chi connectivity index (χ2v) is 28.8. The smallest absolute Gasteiger partial charge is 0.297 e. The Morgan fingerprint density at radius 2 is 0.611 bits per heavy atom. The van der Waals surface area contributed by atoms with Crippen LogP contribution in [0.1, 0.15) is 0 Å². The highest BCUT2D eigenvalue weighted by molar-refractivity contribution is 7.88. The molecule has 0 bridgehead atoms. The van der Waals surface area contributed by atoms with E-state index >= 15 is 0 Å². The first-order valence-corrected chi connectivity index (χ1v) is 34.4. The van der Waals surface area contributed by atoms with Gasteiger partial charge in [0.05, 0.1) is 25.3 Å². The van der Waals surface area contributed by atoms with E-state index in [1.807, 2.05) is 0 Å². The lowest BCUT2D eigenvalue weighted by atomic mass is 10.0. The first kappa shape index (κ1) is 67.0. The van der Waals surface area contributed by atoms with Crippen molar-refractivity contribution in [1.29, 1.82) is 0 Å². The van der Waals surface area contributed by atoms with E-state index in [1.165, 1.54) is 0 Å². The summed E-state index contributed by atoms with van der Waals surface area (Å²) in [7, 11) is -42.6. The first-order chi connectivity index (χ1) is 41.3. The van der Waals surface area contributed by atoms with Crippen LogP contribution >= 0.6 is 0 Å². The monoisotopic (exact) mass is 1410 g/mol. The lowest BCUT2D eigenvalue weighted by Gasteiger charge is -2.15. The molecule has 0 heterocycles. The van der Waals surface area contributed by atoms with E-state index < -0.39 is 221 Å². The van der Waals surface area contributed by atoms with E-state index in [1.54, 1.807) is 0 Å². The second-order valence-electron chi connectivity index (χ2n) is 17.7. The Hall–Kier alpha value is -8.98. The summed E-state index contributed by atoms with van der Waals surface area (Å²) in [4.78, 5) is -11.1. The Kier molecular flexibility index (Phi) is 17.2. The summed E-state index contributed by atoms with van der Waals surface area (Å²) in [5, 5.41) is 57.0. The van der Waals surface area contributed by atoms with Gasteiger partial charge in [-0.15, -0.1) is 40.9 Å². The molecule has 8 aromatic rings. The van der Waals surface area contributed by atoms with Crippen LogP contribution in [-0.4, -0.2) is 133 Å². The molecule has 0 aliphatic heterocycles. The van der Waals surface area contributed by atoms with Crippen LogP contribution in [0.25, 0.3) is 32.3 Å². The van der Waals surface area contributed by atoms with Crippen LogP contribution in [0.4, 0.5) is 51.2 Å². The van der Waals surface area contributed by atoms with Crippen LogP contribution < -0.4 is 15.2 Å². The second kappa shape index (κ2) is 23.1. The fourth-order valence-electron chi connectivity index (χ4n) is 8.39.